The minimum absolute atomic E-state index is 0.00552. The molecule has 5 rings (SSSR count). The van der Waals surface area contributed by atoms with Crippen molar-refractivity contribution in [1.29, 1.82) is 0 Å². The average molecular weight is 534 g/mol. The molecule has 3 N–H and O–H groups in total. The van der Waals surface area contributed by atoms with Crippen molar-refractivity contribution in [2.24, 2.45) is 18.7 Å². The molecule has 0 radical (unpaired) electrons. The van der Waals surface area contributed by atoms with Crippen molar-refractivity contribution in [3.8, 4) is 0 Å². The summed E-state index contributed by atoms with van der Waals surface area (Å²) in [5.74, 6) is -0.0205. The number of ketones is 1. The summed E-state index contributed by atoms with van der Waals surface area (Å²) in [4.78, 5) is 59.8. The summed E-state index contributed by atoms with van der Waals surface area (Å²) in [5, 5.41) is 2.82. The summed E-state index contributed by atoms with van der Waals surface area (Å²) in [7, 11) is 1.55. The van der Waals surface area contributed by atoms with Gasteiger partial charge in [0.2, 0.25) is 11.9 Å². The second kappa shape index (κ2) is 10.6. The number of allylic oxidation sites excluding steroid dienone is 2. The number of Topliss-reactive ketones (excluding diaryl/α,β-unsaturated/α-hetero) is 1. The number of amides is 1. The number of hydrogen-bond acceptors (Lipinski definition) is 7. The van der Waals surface area contributed by atoms with Gasteiger partial charge in [-0.1, -0.05) is 23.8 Å². The van der Waals surface area contributed by atoms with Crippen LogP contribution in [0.3, 0.4) is 0 Å². The lowest BCUT2D eigenvalue weighted by atomic mass is 10.1. The summed E-state index contributed by atoms with van der Waals surface area (Å²) < 4.78 is 4.08. The largest absolute Gasteiger partial charge is 0.341 e. The van der Waals surface area contributed by atoms with Crippen molar-refractivity contribution in [2.45, 2.75) is 58.7 Å². The van der Waals surface area contributed by atoms with Crippen LogP contribution >= 0.6 is 0 Å². The number of anilines is 2. The lowest BCUT2D eigenvalue weighted by Crippen LogP contribution is -2.44. The first-order valence-electron chi connectivity index (χ1n) is 13.4. The van der Waals surface area contributed by atoms with E-state index in [2.05, 4.69) is 10.2 Å². The van der Waals surface area contributed by atoms with Crippen molar-refractivity contribution in [1.82, 2.24) is 18.7 Å². The maximum Gasteiger partial charge on any atom is 0.332 e. The van der Waals surface area contributed by atoms with E-state index in [9.17, 15) is 19.2 Å². The van der Waals surface area contributed by atoms with E-state index < -0.39 is 23.6 Å². The lowest BCUT2D eigenvalue weighted by Gasteiger charge is -2.31. The number of carbonyl (C=O) groups excluding carboxylic acids is 2. The van der Waals surface area contributed by atoms with Gasteiger partial charge < -0.3 is 20.5 Å². The van der Waals surface area contributed by atoms with Crippen LogP contribution in [0.4, 0.5) is 11.6 Å². The number of carbonyl (C=O) groups is 2. The van der Waals surface area contributed by atoms with Gasteiger partial charge in [0, 0.05) is 44.2 Å². The zero-order valence-electron chi connectivity index (χ0n) is 22.6. The molecule has 206 valence electrons. The van der Waals surface area contributed by atoms with Crippen LogP contribution in [0.1, 0.15) is 49.9 Å². The summed E-state index contributed by atoms with van der Waals surface area (Å²) in [5.41, 5.74) is 7.25. The number of aryl methyl sites for hydroxylation is 1. The Morgan fingerprint density at radius 3 is 2.56 bits per heavy atom. The number of nitrogens with zero attached hydrogens (tertiary/aromatic N) is 5. The first kappa shape index (κ1) is 26.6. The third kappa shape index (κ3) is 5.31. The zero-order chi connectivity index (χ0) is 27.8. The molecule has 11 heteroatoms. The van der Waals surface area contributed by atoms with Crippen molar-refractivity contribution in [2.75, 3.05) is 23.3 Å². The van der Waals surface area contributed by atoms with Gasteiger partial charge in [0.1, 0.15) is 0 Å². The molecule has 1 aromatic carbocycles. The molecule has 1 saturated carbocycles. The number of para-hydroxylation sites is 1. The Balaban J connectivity index is 1.58. The molecule has 1 aliphatic carbocycles. The second-order valence-corrected chi connectivity index (χ2v) is 10.8. The molecule has 1 unspecified atom stereocenters. The predicted octanol–water partition coefficient (Wildman–Crippen LogP) is 2.02. The molecule has 39 heavy (non-hydrogen) atoms. The van der Waals surface area contributed by atoms with E-state index in [0.717, 1.165) is 42.4 Å². The highest BCUT2D eigenvalue weighted by molar-refractivity contribution is 6.05. The molecular weight excluding hydrogens is 498 g/mol. The number of fused-ring (bicyclic) bond motifs is 1. The lowest BCUT2D eigenvalue weighted by molar-refractivity contribution is -0.117. The normalized spacial score (nSPS) is 17.3. The predicted molar refractivity (Wildman–Crippen MR) is 150 cm³/mol. The van der Waals surface area contributed by atoms with E-state index in [4.69, 9.17) is 10.7 Å². The third-order valence-electron chi connectivity index (χ3n) is 7.37. The van der Waals surface area contributed by atoms with Crippen molar-refractivity contribution in [3.05, 3.63) is 62.3 Å². The van der Waals surface area contributed by atoms with Gasteiger partial charge in [0.05, 0.1) is 12.2 Å². The molecule has 0 bridgehead atoms. The van der Waals surface area contributed by atoms with Crippen molar-refractivity contribution < 1.29 is 9.59 Å². The van der Waals surface area contributed by atoms with E-state index in [0.29, 0.717) is 24.7 Å². The smallest absolute Gasteiger partial charge is 0.332 e. The van der Waals surface area contributed by atoms with E-state index in [1.54, 1.807) is 31.3 Å². The first-order valence-corrected chi connectivity index (χ1v) is 13.4. The molecule has 1 saturated heterocycles. The van der Waals surface area contributed by atoms with Crippen LogP contribution in [0.2, 0.25) is 0 Å². The van der Waals surface area contributed by atoms with Gasteiger partial charge in [-0.2, -0.15) is 4.98 Å². The number of hydrogen-bond donors (Lipinski definition) is 2. The van der Waals surface area contributed by atoms with Crippen LogP contribution in [0, 0.1) is 5.92 Å². The Bertz CT molecular complexity index is 1590. The van der Waals surface area contributed by atoms with Crippen LogP contribution in [0.15, 0.2) is 45.5 Å². The van der Waals surface area contributed by atoms with Crippen LogP contribution in [0.25, 0.3) is 11.2 Å². The van der Waals surface area contributed by atoms with Gasteiger partial charge in [-0.3, -0.25) is 23.5 Å². The number of nitrogens with two attached hydrogens (primary N) is 1. The molecule has 1 amide bonds. The Hall–Kier alpha value is -3.99. The SMILES string of the molecule is CC(C)=CCn1c(N2CCCC(N)C2)nc2c1c(=O)n(CC(=O)c1ccccc1NC(=O)C1CC1)c(=O)n2C. The van der Waals surface area contributed by atoms with E-state index in [-0.39, 0.29) is 34.6 Å². The standard InChI is InChI=1S/C28H35N7O4/c1-17(2)12-14-34-23-24(31-27(34)33-13-6-7-19(29)15-33)32(3)28(39)35(26(23)38)16-22(36)20-8-4-5-9-21(20)30-25(37)18-10-11-18/h4-5,8-9,12,18-19H,6-7,10-11,13-16,29H2,1-3H3,(H,30,37). The van der Waals surface area contributed by atoms with Gasteiger partial charge in [0.15, 0.2) is 16.9 Å². The maximum atomic E-state index is 13.9. The second-order valence-electron chi connectivity index (χ2n) is 10.8. The fourth-order valence-corrected chi connectivity index (χ4v) is 5.02. The summed E-state index contributed by atoms with van der Waals surface area (Å²) in [6, 6.07) is 6.66. The number of nitrogens with one attached hydrogen (secondary N) is 1. The fourth-order valence-electron chi connectivity index (χ4n) is 5.02. The van der Waals surface area contributed by atoms with E-state index in [1.807, 2.05) is 24.5 Å². The van der Waals surface area contributed by atoms with Gasteiger partial charge in [-0.05, 0) is 51.7 Å². The number of rotatable bonds is 8. The molecule has 1 aliphatic heterocycles. The van der Waals surface area contributed by atoms with Crippen LogP contribution in [-0.4, -0.2) is 49.5 Å². The van der Waals surface area contributed by atoms with Gasteiger partial charge in [-0.15, -0.1) is 0 Å². The molecule has 2 fully saturated rings. The Labute approximate surface area is 225 Å². The molecular formula is C28H35N7O4. The van der Waals surface area contributed by atoms with Crippen molar-refractivity contribution in [3.63, 3.8) is 0 Å². The third-order valence-corrected chi connectivity index (χ3v) is 7.37. The highest BCUT2D eigenvalue weighted by atomic mass is 16.2. The summed E-state index contributed by atoms with van der Waals surface area (Å²) in [6.45, 7) is 5.22. The molecule has 0 spiro atoms. The maximum absolute atomic E-state index is 13.9. The summed E-state index contributed by atoms with van der Waals surface area (Å²) >= 11 is 0. The summed E-state index contributed by atoms with van der Waals surface area (Å²) in [6.07, 6.45) is 5.48. The molecule has 3 aromatic rings. The van der Waals surface area contributed by atoms with Gasteiger partial charge in [0.25, 0.3) is 5.56 Å². The minimum Gasteiger partial charge on any atom is -0.341 e. The molecule has 2 aromatic heterocycles. The highest BCUT2D eigenvalue weighted by Gasteiger charge is 2.31. The molecule has 1 atom stereocenters. The Morgan fingerprint density at radius 2 is 1.87 bits per heavy atom. The number of imidazole rings is 1. The van der Waals surface area contributed by atoms with Crippen molar-refractivity contribution >= 4 is 34.5 Å². The van der Waals surface area contributed by atoms with Gasteiger partial charge >= 0.3 is 5.69 Å². The van der Waals surface area contributed by atoms with Crippen LogP contribution < -0.4 is 27.2 Å². The molecule has 3 heterocycles. The van der Waals surface area contributed by atoms with E-state index >= 15 is 0 Å². The highest BCUT2D eigenvalue weighted by Crippen LogP contribution is 2.31. The first-order chi connectivity index (χ1) is 18.7. The Kier molecular flexibility index (Phi) is 7.26. The quantitative estimate of drug-likeness (QED) is 0.334. The number of aromatic nitrogens is 4. The zero-order valence-corrected chi connectivity index (χ0v) is 22.6. The Morgan fingerprint density at radius 1 is 1.13 bits per heavy atom. The van der Waals surface area contributed by atoms with Crippen LogP contribution in [-0.2, 0) is 24.9 Å². The average Bonchev–Trinajstić information content (AvgIpc) is 3.69. The number of benzene rings is 1. The van der Waals surface area contributed by atoms with Gasteiger partial charge in [-0.25, -0.2) is 4.79 Å². The number of piperidine rings is 1. The fraction of sp³-hybridized carbons (Fsp3) is 0.464. The molecule has 11 nitrogen and oxygen atoms in total. The minimum atomic E-state index is -0.630. The topological polar surface area (TPSA) is 137 Å². The molecule has 2 aliphatic rings. The van der Waals surface area contributed by atoms with Crippen LogP contribution in [0.5, 0.6) is 0 Å². The van der Waals surface area contributed by atoms with E-state index in [1.165, 1.54) is 4.57 Å². The monoisotopic (exact) mass is 533 g/mol.